The number of rotatable bonds is 7. The summed E-state index contributed by atoms with van der Waals surface area (Å²) in [5.41, 5.74) is 3.30. The highest BCUT2D eigenvalue weighted by Crippen LogP contribution is 2.23. The standard InChI is InChI=1S/C23H24FN3OS/c1-15(2)16(3)25-23(28)19-6-4-17(5-7-19)14-29-22-13-12-21(26-27-22)18-8-10-20(24)11-9-18/h4-13,15-16H,14H2,1-3H3,(H,25,28)/t16-/m0/s1. The number of carbonyl (C=O) groups excluding carboxylic acids is 1. The Morgan fingerprint density at radius 3 is 2.24 bits per heavy atom. The Labute approximate surface area is 175 Å². The number of hydrogen-bond donors (Lipinski definition) is 1. The lowest BCUT2D eigenvalue weighted by molar-refractivity contribution is 0.0930. The maximum atomic E-state index is 13.0. The minimum Gasteiger partial charge on any atom is -0.349 e. The largest absolute Gasteiger partial charge is 0.349 e. The second-order valence-corrected chi connectivity index (χ2v) is 8.25. The van der Waals surface area contributed by atoms with Gasteiger partial charge in [0, 0.05) is 22.9 Å². The second kappa shape index (κ2) is 9.65. The Bertz CT molecular complexity index is 941. The normalized spacial score (nSPS) is 12.0. The van der Waals surface area contributed by atoms with Crippen molar-refractivity contribution in [3.8, 4) is 11.3 Å². The van der Waals surface area contributed by atoms with E-state index in [9.17, 15) is 9.18 Å². The molecule has 2 aromatic carbocycles. The predicted octanol–water partition coefficient (Wildman–Crippen LogP) is 5.35. The number of carbonyl (C=O) groups is 1. The van der Waals surface area contributed by atoms with Crippen LogP contribution >= 0.6 is 11.8 Å². The van der Waals surface area contributed by atoms with Gasteiger partial charge in [0.05, 0.1) is 5.69 Å². The van der Waals surface area contributed by atoms with Crippen molar-refractivity contribution in [3.63, 3.8) is 0 Å². The third kappa shape index (κ3) is 5.87. The van der Waals surface area contributed by atoms with Crippen LogP contribution in [0.3, 0.4) is 0 Å². The SMILES string of the molecule is CC(C)[C@H](C)NC(=O)c1ccc(CSc2ccc(-c3ccc(F)cc3)nn2)cc1. The number of hydrogen-bond acceptors (Lipinski definition) is 4. The Morgan fingerprint density at radius 1 is 0.966 bits per heavy atom. The van der Waals surface area contributed by atoms with E-state index in [1.807, 2.05) is 43.3 Å². The topological polar surface area (TPSA) is 54.9 Å². The lowest BCUT2D eigenvalue weighted by Gasteiger charge is -2.17. The molecule has 1 heterocycles. The smallest absolute Gasteiger partial charge is 0.251 e. The van der Waals surface area contributed by atoms with Crippen molar-refractivity contribution in [2.75, 3.05) is 0 Å². The molecule has 1 amide bonds. The van der Waals surface area contributed by atoms with Crippen molar-refractivity contribution in [2.24, 2.45) is 5.92 Å². The van der Waals surface area contributed by atoms with Crippen molar-refractivity contribution in [3.05, 3.63) is 77.6 Å². The summed E-state index contributed by atoms with van der Waals surface area (Å²) in [6, 6.07) is 17.7. The minimum absolute atomic E-state index is 0.0485. The molecule has 4 nitrogen and oxygen atoms in total. The molecule has 29 heavy (non-hydrogen) atoms. The summed E-state index contributed by atoms with van der Waals surface area (Å²) in [5, 5.41) is 12.3. The molecule has 0 saturated heterocycles. The zero-order chi connectivity index (χ0) is 20.8. The fraction of sp³-hybridized carbons (Fsp3) is 0.261. The molecule has 0 fully saturated rings. The van der Waals surface area contributed by atoms with E-state index in [0.29, 0.717) is 17.2 Å². The van der Waals surface area contributed by atoms with Gasteiger partial charge in [-0.3, -0.25) is 4.79 Å². The van der Waals surface area contributed by atoms with Gasteiger partial charge in [-0.1, -0.05) is 37.7 Å². The van der Waals surface area contributed by atoms with Crippen molar-refractivity contribution in [1.82, 2.24) is 15.5 Å². The van der Waals surface area contributed by atoms with Gasteiger partial charge in [-0.15, -0.1) is 10.2 Å². The third-order valence-electron chi connectivity index (χ3n) is 4.74. The summed E-state index contributed by atoms with van der Waals surface area (Å²) in [6.07, 6.45) is 0. The van der Waals surface area contributed by atoms with Gasteiger partial charge in [0.15, 0.2) is 0 Å². The monoisotopic (exact) mass is 409 g/mol. The van der Waals surface area contributed by atoms with Crippen molar-refractivity contribution < 1.29 is 9.18 Å². The van der Waals surface area contributed by atoms with Crippen LogP contribution in [0.5, 0.6) is 0 Å². The Morgan fingerprint density at radius 2 is 1.66 bits per heavy atom. The molecule has 0 aliphatic heterocycles. The molecule has 3 aromatic rings. The molecule has 6 heteroatoms. The summed E-state index contributed by atoms with van der Waals surface area (Å²) in [6.45, 7) is 6.18. The average Bonchev–Trinajstić information content (AvgIpc) is 2.73. The van der Waals surface area contributed by atoms with E-state index in [2.05, 4.69) is 29.4 Å². The lowest BCUT2D eigenvalue weighted by Crippen LogP contribution is -2.36. The van der Waals surface area contributed by atoms with Crippen LogP contribution in [0.25, 0.3) is 11.3 Å². The predicted molar refractivity (Wildman–Crippen MR) is 115 cm³/mol. The summed E-state index contributed by atoms with van der Waals surface area (Å²) in [4.78, 5) is 12.3. The lowest BCUT2D eigenvalue weighted by atomic mass is 10.1. The van der Waals surface area contributed by atoms with Crippen LogP contribution in [0.4, 0.5) is 4.39 Å². The second-order valence-electron chi connectivity index (χ2n) is 7.26. The first kappa shape index (κ1) is 21.0. The molecule has 1 N–H and O–H groups in total. The Balaban J connectivity index is 1.56. The molecular weight excluding hydrogens is 385 g/mol. The van der Waals surface area contributed by atoms with Crippen LogP contribution < -0.4 is 5.32 Å². The van der Waals surface area contributed by atoms with E-state index >= 15 is 0 Å². The maximum absolute atomic E-state index is 13.0. The molecule has 0 spiro atoms. The van der Waals surface area contributed by atoms with E-state index in [1.54, 1.807) is 23.9 Å². The van der Waals surface area contributed by atoms with Gasteiger partial charge in [-0.25, -0.2) is 4.39 Å². The van der Waals surface area contributed by atoms with Crippen LogP contribution in [0.1, 0.15) is 36.7 Å². The Kier molecular flexibility index (Phi) is 6.99. The highest BCUT2D eigenvalue weighted by Gasteiger charge is 2.12. The number of thioether (sulfide) groups is 1. The van der Waals surface area contributed by atoms with E-state index in [4.69, 9.17) is 0 Å². The highest BCUT2D eigenvalue weighted by molar-refractivity contribution is 7.98. The van der Waals surface area contributed by atoms with Crippen LogP contribution in [0.2, 0.25) is 0 Å². The van der Waals surface area contributed by atoms with Gasteiger partial charge < -0.3 is 5.32 Å². The average molecular weight is 410 g/mol. The molecule has 150 valence electrons. The molecule has 1 aromatic heterocycles. The van der Waals surface area contributed by atoms with E-state index < -0.39 is 0 Å². The fourth-order valence-electron chi connectivity index (χ4n) is 2.54. The number of aromatic nitrogens is 2. The van der Waals surface area contributed by atoms with Crippen molar-refractivity contribution >= 4 is 17.7 Å². The summed E-state index contributed by atoms with van der Waals surface area (Å²) in [7, 11) is 0. The number of benzene rings is 2. The van der Waals surface area contributed by atoms with Gasteiger partial charge in [0.2, 0.25) is 0 Å². The molecule has 0 unspecified atom stereocenters. The molecule has 0 bridgehead atoms. The Hall–Kier alpha value is -2.73. The van der Waals surface area contributed by atoms with E-state index in [0.717, 1.165) is 21.9 Å². The molecular formula is C23H24FN3OS. The number of amides is 1. The first-order chi connectivity index (χ1) is 13.9. The quantitative estimate of drug-likeness (QED) is 0.535. The molecule has 0 aliphatic rings. The van der Waals surface area contributed by atoms with E-state index in [1.165, 1.54) is 12.1 Å². The van der Waals surface area contributed by atoms with Gasteiger partial charge in [-0.05, 0) is 66.9 Å². The zero-order valence-electron chi connectivity index (χ0n) is 16.7. The third-order valence-corrected chi connectivity index (χ3v) is 5.73. The van der Waals surface area contributed by atoms with Crippen LogP contribution in [0, 0.1) is 11.7 Å². The minimum atomic E-state index is -0.271. The van der Waals surface area contributed by atoms with Crippen LogP contribution in [-0.2, 0) is 5.75 Å². The fourth-order valence-corrected chi connectivity index (χ4v) is 3.31. The first-order valence-corrected chi connectivity index (χ1v) is 10.5. The van der Waals surface area contributed by atoms with Crippen molar-refractivity contribution in [2.45, 2.75) is 37.6 Å². The van der Waals surface area contributed by atoms with Crippen molar-refractivity contribution in [1.29, 1.82) is 0 Å². The highest BCUT2D eigenvalue weighted by atomic mass is 32.2. The molecule has 1 atom stereocenters. The summed E-state index contributed by atoms with van der Waals surface area (Å²) >= 11 is 1.57. The zero-order valence-corrected chi connectivity index (χ0v) is 17.5. The number of halogens is 1. The maximum Gasteiger partial charge on any atom is 0.251 e. The van der Waals surface area contributed by atoms with Gasteiger partial charge in [0.1, 0.15) is 10.8 Å². The first-order valence-electron chi connectivity index (χ1n) is 9.54. The molecule has 3 rings (SSSR count). The van der Waals surface area contributed by atoms with Gasteiger partial charge in [0.25, 0.3) is 5.91 Å². The molecule has 0 aliphatic carbocycles. The van der Waals surface area contributed by atoms with Crippen LogP contribution in [-0.4, -0.2) is 22.1 Å². The number of nitrogens with zero attached hydrogens (tertiary/aromatic N) is 2. The van der Waals surface area contributed by atoms with Crippen LogP contribution in [0.15, 0.2) is 65.7 Å². The summed E-state index contributed by atoms with van der Waals surface area (Å²) < 4.78 is 13.0. The van der Waals surface area contributed by atoms with E-state index in [-0.39, 0.29) is 17.8 Å². The van der Waals surface area contributed by atoms with Gasteiger partial charge in [-0.2, -0.15) is 0 Å². The number of nitrogens with one attached hydrogen (secondary N) is 1. The van der Waals surface area contributed by atoms with Gasteiger partial charge >= 0.3 is 0 Å². The molecule has 0 radical (unpaired) electrons. The molecule has 0 saturated carbocycles. The summed E-state index contributed by atoms with van der Waals surface area (Å²) in [5.74, 6) is 0.805.